The lowest BCUT2D eigenvalue weighted by atomic mass is 9.97. The lowest BCUT2D eigenvalue weighted by molar-refractivity contribution is -0.349. The van der Waals surface area contributed by atoms with Gasteiger partial charge in [-0.15, -0.1) is 0 Å². The van der Waals surface area contributed by atoms with Gasteiger partial charge in [-0.3, -0.25) is 0 Å². The van der Waals surface area contributed by atoms with E-state index in [1.807, 2.05) is 30.3 Å². The summed E-state index contributed by atoms with van der Waals surface area (Å²) < 4.78 is 22.8. The fraction of sp³-hybridized carbons (Fsp3) is 0.636. The third-order valence-corrected chi connectivity index (χ3v) is 5.34. The first-order valence-electron chi connectivity index (χ1n) is 10.2. The Morgan fingerprint density at radius 1 is 1.11 bits per heavy atom. The Labute approximate surface area is 167 Å². The van der Waals surface area contributed by atoms with Crippen LogP contribution in [0.4, 0.5) is 0 Å². The van der Waals surface area contributed by atoms with Crippen molar-refractivity contribution in [1.29, 1.82) is 0 Å². The Hall–Kier alpha value is -1.28. The molecule has 1 aromatic rings. The predicted molar refractivity (Wildman–Crippen MR) is 105 cm³/mol. The highest BCUT2D eigenvalue weighted by molar-refractivity contribution is 5.53. The summed E-state index contributed by atoms with van der Waals surface area (Å²) in [6.07, 6.45) is 2.72. The standard InChI is InChI=1S/C22H32O6/c1-3-4-5-9-12-16(13-15-10-7-6-8-11-15)21-26-14-17-20(28-21)18(23)19(24)22(25-2)27-17/h6-8,10-11,13,17-24H,3-5,9,12,14H2,1-2H3/b16-13+/t17-,18-,19-,20-,21?,22?/m1/s1. The van der Waals surface area contributed by atoms with Crippen molar-refractivity contribution >= 4 is 6.08 Å². The largest absolute Gasteiger partial charge is 0.387 e. The van der Waals surface area contributed by atoms with Crippen LogP contribution in [0.2, 0.25) is 0 Å². The molecule has 28 heavy (non-hydrogen) atoms. The number of hydrogen-bond donors (Lipinski definition) is 2. The van der Waals surface area contributed by atoms with E-state index in [0.29, 0.717) is 0 Å². The van der Waals surface area contributed by atoms with Crippen LogP contribution < -0.4 is 0 Å². The lowest BCUT2D eigenvalue weighted by Gasteiger charge is -2.46. The van der Waals surface area contributed by atoms with Crippen LogP contribution in [0, 0.1) is 0 Å². The number of benzene rings is 1. The minimum Gasteiger partial charge on any atom is -0.387 e. The van der Waals surface area contributed by atoms with Crippen LogP contribution in [-0.4, -0.2) is 60.9 Å². The molecule has 0 saturated carbocycles. The van der Waals surface area contributed by atoms with Crippen molar-refractivity contribution in [2.24, 2.45) is 0 Å². The first-order chi connectivity index (χ1) is 13.6. The third-order valence-electron chi connectivity index (χ3n) is 5.34. The molecule has 0 spiro atoms. The van der Waals surface area contributed by atoms with Gasteiger partial charge in [-0.25, -0.2) is 0 Å². The molecule has 2 aliphatic heterocycles. The van der Waals surface area contributed by atoms with Crippen molar-refractivity contribution in [2.75, 3.05) is 13.7 Å². The first-order valence-corrected chi connectivity index (χ1v) is 10.2. The Morgan fingerprint density at radius 3 is 2.61 bits per heavy atom. The Bertz CT molecular complexity index is 617. The molecule has 6 heteroatoms. The summed E-state index contributed by atoms with van der Waals surface area (Å²) in [5.41, 5.74) is 2.12. The topological polar surface area (TPSA) is 77.4 Å². The summed E-state index contributed by atoms with van der Waals surface area (Å²) in [6.45, 7) is 2.47. The Kier molecular flexibility index (Phi) is 8.02. The smallest absolute Gasteiger partial charge is 0.186 e. The van der Waals surface area contributed by atoms with E-state index < -0.39 is 37.0 Å². The maximum atomic E-state index is 10.5. The third kappa shape index (κ3) is 5.20. The minimum absolute atomic E-state index is 0.278. The number of hydrogen-bond acceptors (Lipinski definition) is 6. The molecule has 0 amide bonds. The zero-order chi connectivity index (χ0) is 19.9. The van der Waals surface area contributed by atoms with Crippen LogP contribution in [0.15, 0.2) is 35.9 Å². The molecule has 2 fully saturated rings. The van der Waals surface area contributed by atoms with Gasteiger partial charge in [0.2, 0.25) is 0 Å². The first kappa shape index (κ1) is 21.4. The summed E-state index contributed by atoms with van der Waals surface area (Å²) in [6, 6.07) is 10.1. The maximum Gasteiger partial charge on any atom is 0.186 e. The van der Waals surface area contributed by atoms with Crippen LogP contribution in [0.3, 0.4) is 0 Å². The quantitative estimate of drug-likeness (QED) is 0.663. The highest BCUT2D eigenvalue weighted by atomic mass is 16.7. The van der Waals surface area contributed by atoms with Crippen molar-refractivity contribution < 1.29 is 29.2 Å². The molecule has 1 aromatic carbocycles. The van der Waals surface area contributed by atoms with Gasteiger partial charge in [0.05, 0.1) is 6.61 Å². The highest BCUT2D eigenvalue weighted by Gasteiger charge is 2.49. The van der Waals surface area contributed by atoms with Gasteiger partial charge in [0, 0.05) is 7.11 Å². The molecule has 2 heterocycles. The second-order valence-corrected chi connectivity index (χ2v) is 7.47. The fourth-order valence-corrected chi connectivity index (χ4v) is 3.74. The molecule has 0 bridgehead atoms. The monoisotopic (exact) mass is 392 g/mol. The second-order valence-electron chi connectivity index (χ2n) is 7.47. The van der Waals surface area contributed by atoms with E-state index in [4.69, 9.17) is 18.9 Å². The van der Waals surface area contributed by atoms with Crippen LogP contribution >= 0.6 is 0 Å². The molecule has 0 aliphatic carbocycles. The fourth-order valence-electron chi connectivity index (χ4n) is 3.74. The molecule has 0 radical (unpaired) electrons. The van der Waals surface area contributed by atoms with Crippen molar-refractivity contribution in [3.63, 3.8) is 0 Å². The highest BCUT2D eigenvalue weighted by Crippen LogP contribution is 2.32. The van der Waals surface area contributed by atoms with E-state index in [1.165, 1.54) is 20.0 Å². The number of aliphatic hydroxyl groups is 2. The van der Waals surface area contributed by atoms with Crippen molar-refractivity contribution in [3.05, 3.63) is 41.5 Å². The SMILES string of the molecule is CCCCCC/C(=C\c1ccccc1)C1OC[C@H]2OC(OC)[C@H](O)[C@@H](O)[C@@H]2O1. The predicted octanol–water partition coefficient (Wildman–Crippen LogP) is 2.88. The van der Waals surface area contributed by atoms with E-state index >= 15 is 0 Å². The van der Waals surface area contributed by atoms with E-state index in [9.17, 15) is 10.2 Å². The van der Waals surface area contributed by atoms with Crippen molar-refractivity contribution in [3.8, 4) is 0 Å². The van der Waals surface area contributed by atoms with E-state index in [2.05, 4.69) is 13.0 Å². The van der Waals surface area contributed by atoms with Gasteiger partial charge in [0.15, 0.2) is 12.6 Å². The zero-order valence-electron chi connectivity index (χ0n) is 16.7. The van der Waals surface area contributed by atoms with Crippen molar-refractivity contribution in [2.45, 2.75) is 76.0 Å². The van der Waals surface area contributed by atoms with E-state index in [1.54, 1.807) is 0 Å². The minimum atomic E-state index is -1.16. The van der Waals surface area contributed by atoms with Gasteiger partial charge in [-0.1, -0.05) is 62.6 Å². The maximum absolute atomic E-state index is 10.5. The number of unbranched alkanes of at least 4 members (excludes halogenated alkanes) is 3. The van der Waals surface area contributed by atoms with Gasteiger partial charge >= 0.3 is 0 Å². The number of ether oxygens (including phenoxy) is 4. The molecule has 3 rings (SSSR count). The summed E-state index contributed by atoms with van der Waals surface area (Å²) >= 11 is 0. The summed E-state index contributed by atoms with van der Waals surface area (Å²) in [5, 5.41) is 20.7. The Morgan fingerprint density at radius 2 is 1.89 bits per heavy atom. The number of rotatable bonds is 8. The number of fused-ring (bicyclic) bond motifs is 1. The number of methoxy groups -OCH3 is 1. The van der Waals surface area contributed by atoms with Gasteiger partial charge in [0.25, 0.3) is 0 Å². The molecular weight excluding hydrogens is 360 g/mol. The van der Waals surface area contributed by atoms with Crippen LogP contribution in [0.25, 0.3) is 6.08 Å². The van der Waals surface area contributed by atoms with Gasteiger partial charge in [-0.2, -0.15) is 0 Å². The molecule has 156 valence electrons. The molecule has 2 unspecified atom stereocenters. The molecule has 6 nitrogen and oxygen atoms in total. The van der Waals surface area contributed by atoms with E-state index in [0.717, 1.165) is 30.4 Å². The average molecular weight is 392 g/mol. The molecule has 2 aliphatic rings. The summed E-state index contributed by atoms with van der Waals surface area (Å²) in [7, 11) is 1.44. The number of aliphatic hydroxyl groups excluding tert-OH is 2. The normalized spacial score (nSPS) is 33.5. The van der Waals surface area contributed by atoms with Crippen molar-refractivity contribution in [1.82, 2.24) is 0 Å². The zero-order valence-corrected chi connectivity index (χ0v) is 16.7. The lowest BCUT2D eigenvalue weighted by Crippen LogP contribution is -2.63. The van der Waals surface area contributed by atoms with Crippen LogP contribution in [-0.2, 0) is 18.9 Å². The molecule has 0 aromatic heterocycles. The summed E-state index contributed by atoms with van der Waals surface area (Å²) in [5.74, 6) is 0. The van der Waals surface area contributed by atoms with Gasteiger partial charge in [-0.05, 0) is 24.0 Å². The molecule has 6 atom stereocenters. The van der Waals surface area contributed by atoms with Gasteiger partial charge in [0.1, 0.15) is 24.4 Å². The molecule has 2 N–H and O–H groups in total. The summed E-state index contributed by atoms with van der Waals surface area (Å²) in [4.78, 5) is 0. The molecular formula is C22H32O6. The van der Waals surface area contributed by atoms with Crippen LogP contribution in [0.1, 0.15) is 44.6 Å². The van der Waals surface area contributed by atoms with E-state index in [-0.39, 0.29) is 6.61 Å². The molecule has 2 saturated heterocycles. The van der Waals surface area contributed by atoms with Crippen LogP contribution in [0.5, 0.6) is 0 Å². The second kappa shape index (κ2) is 10.5. The Balaban J connectivity index is 1.72. The van der Waals surface area contributed by atoms with Gasteiger partial charge < -0.3 is 29.2 Å². The average Bonchev–Trinajstić information content (AvgIpc) is 2.73.